The fourth-order valence-corrected chi connectivity index (χ4v) is 11.0. The quantitative estimate of drug-likeness (QED) is 0.414. The summed E-state index contributed by atoms with van der Waals surface area (Å²) in [6.45, 7) is 16.9. The van der Waals surface area contributed by atoms with Crippen LogP contribution in [-0.2, 0) is 37.0 Å². The van der Waals surface area contributed by atoms with Crippen LogP contribution in [0.2, 0.25) is 0 Å². The van der Waals surface area contributed by atoms with Crippen LogP contribution in [0.1, 0.15) is 134 Å². The summed E-state index contributed by atoms with van der Waals surface area (Å²) in [5.41, 5.74) is 15.6. The van der Waals surface area contributed by atoms with Crippen LogP contribution in [0.5, 0.6) is 0 Å². The molecule has 0 spiro atoms. The number of hydrogen-bond donors (Lipinski definition) is 0. The number of fused-ring (bicyclic) bond motifs is 3. The molecule has 1 atom stereocenters. The zero-order valence-electron chi connectivity index (χ0n) is 27.5. The summed E-state index contributed by atoms with van der Waals surface area (Å²) in [4.78, 5) is 0. The van der Waals surface area contributed by atoms with E-state index in [1.807, 2.05) is 11.1 Å². The van der Waals surface area contributed by atoms with Crippen LogP contribution in [0.4, 0.5) is 0 Å². The molecule has 0 radical (unpaired) electrons. The summed E-state index contributed by atoms with van der Waals surface area (Å²) in [5.74, 6) is 3.51. The van der Waals surface area contributed by atoms with Crippen molar-refractivity contribution in [2.75, 3.05) is 0 Å². The molecule has 0 saturated heterocycles. The van der Waals surface area contributed by atoms with E-state index in [1.165, 1.54) is 80.0 Å². The van der Waals surface area contributed by atoms with Crippen LogP contribution in [0.25, 0.3) is 11.1 Å². The van der Waals surface area contributed by atoms with Crippen molar-refractivity contribution in [2.45, 2.75) is 123 Å². The van der Waals surface area contributed by atoms with Crippen molar-refractivity contribution in [3.05, 3.63) is 81.4 Å². The molecule has 7 aliphatic carbocycles. The fourth-order valence-electron chi connectivity index (χ4n) is 11.0. The van der Waals surface area contributed by atoms with Gasteiger partial charge in [-0.2, -0.15) is 0 Å². The second kappa shape index (κ2) is 11.0. The standard InChI is InChI=1S/C40H50.2ClH.Zr/c1-37(2,3)28-8-10-31-32-11-9-29(38(4,5)6)19-34(32)36(33(31)18-28)39(7)13-12-27-17-30(20-35(27)39)40-21-24-14-25(22-40)16-26(15-24)23-40;;;/h8-11,18-20,24-26,36H,12-17,21-23H2,1-7H3;2*1H;/q;;;+2/p-2. The molecule has 0 nitrogen and oxygen atoms in total. The van der Waals surface area contributed by atoms with Gasteiger partial charge in [0.15, 0.2) is 0 Å². The van der Waals surface area contributed by atoms with E-state index in [0.29, 0.717) is 11.3 Å². The summed E-state index contributed by atoms with van der Waals surface area (Å²) < 4.78 is 0. The van der Waals surface area contributed by atoms with Crippen molar-refractivity contribution in [3.63, 3.8) is 0 Å². The average molecular weight is 693 g/mol. The third-order valence-corrected chi connectivity index (χ3v) is 12.8. The van der Waals surface area contributed by atoms with Crippen molar-refractivity contribution >= 4 is 0 Å². The second-order valence-corrected chi connectivity index (χ2v) is 17.5. The van der Waals surface area contributed by atoms with Crippen molar-refractivity contribution < 1.29 is 51.0 Å². The van der Waals surface area contributed by atoms with Crippen molar-refractivity contribution in [1.29, 1.82) is 0 Å². The van der Waals surface area contributed by atoms with Crippen LogP contribution >= 0.6 is 0 Å². The number of hydrogen-bond acceptors (Lipinski definition) is 0. The summed E-state index contributed by atoms with van der Waals surface area (Å²) >= 11 is 0. The second-order valence-electron chi connectivity index (χ2n) is 17.5. The van der Waals surface area contributed by atoms with Gasteiger partial charge < -0.3 is 24.8 Å². The first kappa shape index (κ1) is 33.7. The van der Waals surface area contributed by atoms with Gasteiger partial charge in [0.05, 0.1) is 0 Å². The molecule has 0 N–H and O–H groups in total. The Morgan fingerprint density at radius 1 is 0.698 bits per heavy atom. The Labute approximate surface area is 293 Å². The van der Waals surface area contributed by atoms with Crippen molar-refractivity contribution in [2.24, 2.45) is 28.6 Å². The van der Waals surface area contributed by atoms with Crippen LogP contribution < -0.4 is 24.8 Å². The molecule has 1 unspecified atom stereocenters. The van der Waals surface area contributed by atoms with Gasteiger partial charge in [0.2, 0.25) is 0 Å². The number of benzene rings is 2. The molecule has 4 bridgehead atoms. The molecule has 0 aliphatic heterocycles. The summed E-state index contributed by atoms with van der Waals surface area (Å²) in [6.07, 6.45) is 15.9. The number of allylic oxidation sites excluding steroid dienone is 4. The molecule has 2 aromatic carbocycles. The monoisotopic (exact) mass is 690 g/mol. The van der Waals surface area contributed by atoms with Gasteiger partial charge in [-0.1, -0.05) is 102 Å². The van der Waals surface area contributed by atoms with Crippen molar-refractivity contribution in [3.8, 4) is 11.1 Å². The Balaban J connectivity index is 0.00000123. The molecule has 0 amide bonds. The smallest absolute Gasteiger partial charge is 1.00 e. The topological polar surface area (TPSA) is 0 Å². The molecule has 0 heterocycles. The molecule has 4 fully saturated rings. The van der Waals surface area contributed by atoms with Crippen LogP contribution in [0, 0.1) is 28.6 Å². The molecule has 3 heteroatoms. The molecule has 43 heavy (non-hydrogen) atoms. The minimum absolute atomic E-state index is 0. The molecule has 0 aromatic heterocycles. The van der Waals surface area contributed by atoms with Gasteiger partial charge in [-0.25, -0.2) is 0 Å². The summed E-state index contributed by atoms with van der Waals surface area (Å²) in [6, 6.07) is 15.0. The zero-order chi connectivity index (χ0) is 27.8. The van der Waals surface area contributed by atoms with Gasteiger partial charge in [-0.3, -0.25) is 0 Å². The predicted molar refractivity (Wildman–Crippen MR) is 169 cm³/mol. The van der Waals surface area contributed by atoms with E-state index in [0.717, 1.165) is 17.8 Å². The predicted octanol–water partition coefficient (Wildman–Crippen LogP) is 5.04. The minimum Gasteiger partial charge on any atom is -1.00 e. The molecular weight excluding hydrogens is 643 g/mol. The fraction of sp³-hybridized carbons (Fsp3) is 0.600. The Morgan fingerprint density at radius 2 is 1.16 bits per heavy atom. The van der Waals surface area contributed by atoms with Crippen LogP contribution in [0.15, 0.2) is 59.2 Å². The maximum absolute atomic E-state index is 2.83. The Hall–Kier alpha value is -0.617. The molecule has 7 aliphatic rings. The number of halogens is 2. The summed E-state index contributed by atoms with van der Waals surface area (Å²) in [7, 11) is 0. The maximum Gasteiger partial charge on any atom is 2.00 e. The Kier molecular flexibility index (Phi) is 8.62. The van der Waals surface area contributed by atoms with E-state index >= 15 is 0 Å². The molecular formula is C40H50Cl2Zr. The van der Waals surface area contributed by atoms with E-state index in [2.05, 4.69) is 90.9 Å². The minimum atomic E-state index is 0. The SMILES string of the molecule is CC(C)(C)c1ccc2c(c1)C(C1(C)CCC3=C1C=C(C14CC5CC(CC(C5)C1)C4)C3)c1cc(C(C)(C)C)ccc1-2.[Cl-].[Cl-].[Zr+2]. The van der Waals surface area contributed by atoms with E-state index in [4.69, 9.17) is 0 Å². The largest absolute Gasteiger partial charge is 2.00 e. The van der Waals surface area contributed by atoms with Gasteiger partial charge >= 0.3 is 26.2 Å². The molecule has 9 rings (SSSR count). The van der Waals surface area contributed by atoms with Crippen molar-refractivity contribution in [1.82, 2.24) is 0 Å². The summed E-state index contributed by atoms with van der Waals surface area (Å²) in [5, 5.41) is 0. The first-order valence-electron chi connectivity index (χ1n) is 16.6. The number of rotatable bonds is 2. The normalized spacial score (nSPS) is 32.0. The van der Waals surface area contributed by atoms with Crippen LogP contribution in [-0.4, -0.2) is 0 Å². The van der Waals surface area contributed by atoms with Gasteiger partial charge in [0.25, 0.3) is 0 Å². The van der Waals surface area contributed by atoms with E-state index < -0.39 is 0 Å². The first-order valence-corrected chi connectivity index (χ1v) is 16.6. The van der Waals surface area contributed by atoms with Gasteiger partial charge in [-0.15, -0.1) is 0 Å². The average Bonchev–Trinajstić information content (AvgIpc) is 3.53. The first-order chi connectivity index (χ1) is 18.8. The van der Waals surface area contributed by atoms with Gasteiger partial charge in [0, 0.05) is 11.3 Å². The third-order valence-electron chi connectivity index (χ3n) is 12.8. The van der Waals surface area contributed by atoms with E-state index in [-0.39, 0.29) is 67.3 Å². The van der Waals surface area contributed by atoms with Crippen LogP contribution in [0.3, 0.4) is 0 Å². The maximum atomic E-state index is 2.83. The zero-order valence-corrected chi connectivity index (χ0v) is 31.4. The third kappa shape index (κ3) is 5.08. The van der Waals surface area contributed by atoms with Gasteiger partial charge in [-0.05, 0) is 131 Å². The molecule has 228 valence electrons. The molecule has 4 saturated carbocycles. The molecule has 2 aromatic rings. The van der Waals surface area contributed by atoms with E-state index in [9.17, 15) is 0 Å². The Morgan fingerprint density at radius 3 is 1.60 bits per heavy atom. The van der Waals surface area contributed by atoms with E-state index in [1.54, 1.807) is 16.7 Å². The van der Waals surface area contributed by atoms with Gasteiger partial charge in [0.1, 0.15) is 0 Å². The Bertz CT molecular complexity index is 1400.